The van der Waals surface area contributed by atoms with Crippen molar-refractivity contribution in [3.63, 3.8) is 0 Å². The second-order valence-electron chi connectivity index (χ2n) is 4.55. The lowest BCUT2D eigenvalue weighted by Crippen LogP contribution is -2.46. The molecule has 100 valence electrons. The molecule has 0 aromatic carbocycles. The third-order valence-electron chi connectivity index (χ3n) is 3.11. The summed E-state index contributed by atoms with van der Waals surface area (Å²) >= 11 is 0. The lowest BCUT2D eigenvalue weighted by atomic mass is 10.1. The summed E-state index contributed by atoms with van der Waals surface area (Å²) in [5.41, 5.74) is 2.64. The summed E-state index contributed by atoms with van der Waals surface area (Å²) in [7, 11) is 1.70. The number of nitrogens with one attached hydrogen (secondary N) is 2. The molecule has 0 amide bonds. The van der Waals surface area contributed by atoms with Crippen molar-refractivity contribution >= 4 is 5.96 Å². The molecule has 0 heterocycles. The Hall–Kier alpha value is -0.810. The van der Waals surface area contributed by atoms with Crippen molar-refractivity contribution < 1.29 is 4.74 Å². The van der Waals surface area contributed by atoms with E-state index < -0.39 is 0 Å². The smallest absolute Gasteiger partial charge is 0.205 e. The van der Waals surface area contributed by atoms with Crippen LogP contribution in [-0.4, -0.2) is 32.3 Å². The van der Waals surface area contributed by atoms with E-state index in [0.29, 0.717) is 12.0 Å². The van der Waals surface area contributed by atoms with E-state index in [2.05, 4.69) is 15.7 Å². The fourth-order valence-electron chi connectivity index (χ4n) is 2.15. The first-order chi connectivity index (χ1) is 8.36. The first-order valence-corrected chi connectivity index (χ1v) is 6.63. The van der Waals surface area contributed by atoms with Crippen LogP contribution in [0.15, 0.2) is 4.99 Å². The zero-order valence-electron chi connectivity index (χ0n) is 10.9. The van der Waals surface area contributed by atoms with Gasteiger partial charge in [0.05, 0.1) is 0 Å². The van der Waals surface area contributed by atoms with Crippen LogP contribution in [0.5, 0.6) is 0 Å². The molecule has 0 spiro atoms. The fourth-order valence-corrected chi connectivity index (χ4v) is 2.15. The maximum absolute atomic E-state index is 5.47. The Morgan fingerprint density at radius 2 is 2.00 bits per heavy atom. The maximum atomic E-state index is 5.47. The summed E-state index contributed by atoms with van der Waals surface area (Å²) in [6, 6.07) is 0.523. The first-order valence-electron chi connectivity index (χ1n) is 6.63. The number of ether oxygens (including phenoxy) is 1. The maximum Gasteiger partial charge on any atom is 0.205 e. The first kappa shape index (κ1) is 14.3. The Bertz CT molecular complexity index is 213. The van der Waals surface area contributed by atoms with Crippen LogP contribution in [0.2, 0.25) is 0 Å². The van der Waals surface area contributed by atoms with Crippen LogP contribution in [-0.2, 0) is 4.74 Å². The number of guanidine groups is 1. The van der Waals surface area contributed by atoms with Gasteiger partial charge in [-0.2, -0.15) is 0 Å². The number of hydrogen-bond acceptors (Lipinski definition) is 3. The molecule has 0 radical (unpaired) electrons. The minimum atomic E-state index is 0.523. The number of aliphatic imine (C=N–C) groups is 1. The fraction of sp³-hybridized carbons (Fsp3) is 0.917. The topological polar surface area (TPSA) is 71.7 Å². The molecule has 5 heteroatoms. The van der Waals surface area contributed by atoms with Gasteiger partial charge in [-0.1, -0.05) is 25.7 Å². The summed E-state index contributed by atoms with van der Waals surface area (Å²) in [4.78, 5) is 4.39. The van der Waals surface area contributed by atoms with E-state index in [0.717, 1.165) is 19.6 Å². The Labute approximate surface area is 104 Å². The van der Waals surface area contributed by atoms with E-state index in [1.807, 2.05) is 0 Å². The summed E-state index contributed by atoms with van der Waals surface area (Å²) in [5.74, 6) is 6.18. The van der Waals surface area contributed by atoms with Gasteiger partial charge in [0.1, 0.15) is 0 Å². The van der Waals surface area contributed by atoms with Crippen molar-refractivity contribution in [1.82, 2.24) is 10.7 Å². The Morgan fingerprint density at radius 3 is 2.59 bits per heavy atom. The number of nitrogens with zero attached hydrogens (tertiary/aromatic N) is 1. The van der Waals surface area contributed by atoms with E-state index >= 15 is 0 Å². The number of methoxy groups -OCH3 is 1. The monoisotopic (exact) mass is 242 g/mol. The highest BCUT2D eigenvalue weighted by atomic mass is 16.5. The zero-order valence-corrected chi connectivity index (χ0v) is 10.9. The van der Waals surface area contributed by atoms with Crippen molar-refractivity contribution in [3.05, 3.63) is 0 Å². The minimum absolute atomic E-state index is 0.523. The average Bonchev–Trinajstić information content (AvgIpc) is 2.61. The van der Waals surface area contributed by atoms with Gasteiger partial charge in [-0.25, -0.2) is 5.84 Å². The van der Waals surface area contributed by atoms with Gasteiger partial charge in [-0.3, -0.25) is 10.4 Å². The predicted octanol–water partition coefficient (Wildman–Crippen LogP) is 1.15. The van der Waals surface area contributed by atoms with Crippen LogP contribution < -0.4 is 16.6 Å². The van der Waals surface area contributed by atoms with Gasteiger partial charge in [0, 0.05) is 26.3 Å². The molecule has 1 aliphatic carbocycles. The van der Waals surface area contributed by atoms with Crippen molar-refractivity contribution in [2.45, 2.75) is 51.0 Å². The average molecular weight is 242 g/mol. The van der Waals surface area contributed by atoms with Crippen molar-refractivity contribution in [1.29, 1.82) is 0 Å². The molecule has 1 saturated carbocycles. The highest BCUT2D eigenvalue weighted by molar-refractivity contribution is 5.79. The Kier molecular flexibility index (Phi) is 7.75. The molecular weight excluding hydrogens is 216 g/mol. The van der Waals surface area contributed by atoms with Crippen LogP contribution >= 0.6 is 0 Å². The Morgan fingerprint density at radius 1 is 1.29 bits per heavy atom. The van der Waals surface area contributed by atoms with Gasteiger partial charge in [0.2, 0.25) is 5.96 Å². The van der Waals surface area contributed by atoms with Gasteiger partial charge in [-0.05, 0) is 19.3 Å². The molecule has 0 bridgehead atoms. The van der Waals surface area contributed by atoms with Crippen LogP contribution in [0.25, 0.3) is 0 Å². The minimum Gasteiger partial charge on any atom is -0.385 e. The van der Waals surface area contributed by atoms with E-state index in [9.17, 15) is 0 Å². The summed E-state index contributed by atoms with van der Waals surface area (Å²) in [6.45, 7) is 1.48. The van der Waals surface area contributed by atoms with Gasteiger partial charge in [0.25, 0.3) is 0 Å². The second kappa shape index (κ2) is 9.24. The molecule has 0 aliphatic heterocycles. The number of hydrazine groups is 1. The molecule has 0 unspecified atom stereocenters. The van der Waals surface area contributed by atoms with E-state index in [-0.39, 0.29) is 0 Å². The van der Waals surface area contributed by atoms with Crippen molar-refractivity contribution in [3.8, 4) is 0 Å². The molecule has 1 rings (SSSR count). The summed E-state index contributed by atoms with van der Waals surface area (Å²) in [6.07, 6.45) is 8.69. The zero-order chi connectivity index (χ0) is 12.3. The third kappa shape index (κ3) is 6.48. The molecule has 4 N–H and O–H groups in total. The molecule has 1 fully saturated rings. The van der Waals surface area contributed by atoms with E-state index in [1.165, 1.54) is 38.5 Å². The van der Waals surface area contributed by atoms with Crippen LogP contribution in [0.4, 0.5) is 0 Å². The van der Waals surface area contributed by atoms with Crippen LogP contribution in [0.1, 0.15) is 44.9 Å². The van der Waals surface area contributed by atoms with Crippen molar-refractivity contribution in [2.24, 2.45) is 10.8 Å². The molecule has 0 aromatic rings. The summed E-state index contributed by atoms with van der Waals surface area (Å²) < 4.78 is 4.98. The molecule has 0 saturated heterocycles. The lowest BCUT2D eigenvalue weighted by molar-refractivity contribution is 0.197. The molecule has 1 aliphatic rings. The Balaban J connectivity index is 2.28. The largest absolute Gasteiger partial charge is 0.385 e. The summed E-state index contributed by atoms with van der Waals surface area (Å²) in [5, 5.41) is 3.40. The third-order valence-corrected chi connectivity index (χ3v) is 3.11. The van der Waals surface area contributed by atoms with Gasteiger partial charge >= 0.3 is 0 Å². The number of hydrogen-bond donors (Lipinski definition) is 3. The highest BCUT2D eigenvalue weighted by Crippen LogP contribution is 2.16. The van der Waals surface area contributed by atoms with Gasteiger partial charge < -0.3 is 10.1 Å². The molecule has 0 aromatic heterocycles. The lowest BCUT2D eigenvalue weighted by Gasteiger charge is -2.18. The molecule has 17 heavy (non-hydrogen) atoms. The standard InChI is InChI=1S/C12H26N4O/c1-17-10-6-9-14-12(16-13)15-11-7-4-2-3-5-8-11/h11H,2-10,13H2,1H3,(H2,14,15,16). The van der Waals surface area contributed by atoms with Crippen molar-refractivity contribution in [2.75, 3.05) is 20.3 Å². The molecule has 5 nitrogen and oxygen atoms in total. The second-order valence-corrected chi connectivity index (χ2v) is 4.55. The highest BCUT2D eigenvalue weighted by Gasteiger charge is 2.12. The molecular formula is C12H26N4O. The quantitative estimate of drug-likeness (QED) is 0.169. The number of rotatable bonds is 5. The van der Waals surface area contributed by atoms with E-state index in [1.54, 1.807) is 7.11 Å². The van der Waals surface area contributed by atoms with E-state index in [4.69, 9.17) is 10.6 Å². The van der Waals surface area contributed by atoms with Gasteiger partial charge in [0.15, 0.2) is 0 Å². The molecule has 0 atom stereocenters. The SMILES string of the molecule is COCCCN=C(NN)NC1CCCCCC1. The van der Waals surface area contributed by atoms with Crippen LogP contribution in [0, 0.1) is 0 Å². The number of nitrogens with two attached hydrogens (primary N) is 1. The van der Waals surface area contributed by atoms with Crippen LogP contribution in [0.3, 0.4) is 0 Å². The van der Waals surface area contributed by atoms with Gasteiger partial charge in [-0.15, -0.1) is 0 Å². The normalized spacial score (nSPS) is 18.8. The predicted molar refractivity (Wildman–Crippen MR) is 70.7 cm³/mol.